The van der Waals surface area contributed by atoms with Crippen molar-refractivity contribution in [1.29, 1.82) is 0 Å². The first-order valence-corrected chi connectivity index (χ1v) is 7.39. The molecule has 0 bridgehead atoms. The van der Waals surface area contributed by atoms with Crippen LogP contribution in [0.1, 0.15) is 31.1 Å². The van der Waals surface area contributed by atoms with Crippen molar-refractivity contribution in [3.05, 3.63) is 77.4 Å². The molecular formula is C19H12N2O3. The highest BCUT2D eigenvalue weighted by molar-refractivity contribution is 6.36. The minimum Gasteiger partial charge on any atom is -0.366 e. The average molecular weight is 316 g/mol. The van der Waals surface area contributed by atoms with Crippen LogP contribution in [0.15, 0.2) is 60.7 Å². The molecule has 3 aromatic carbocycles. The van der Waals surface area contributed by atoms with Crippen molar-refractivity contribution in [3.8, 4) is 0 Å². The summed E-state index contributed by atoms with van der Waals surface area (Å²) in [4.78, 5) is 38.6. The van der Waals surface area contributed by atoms with Crippen molar-refractivity contribution < 1.29 is 14.4 Å². The summed E-state index contributed by atoms with van der Waals surface area (Å²) < 4.78 is 0. The van der Waals surface area contributed by atoms with E-state index >= 15 is 0 Å². The van der Waals surface area contributed by atoms with Gasteiger partial charge in [-0.05, 0) is 29.7 Å². The van der Waals surface area contributed by atoms with Crippen LogP contribution in [0.5, 0.6) is 0 Å². The van der Waals surface area contributed by atoms with Gasteiger partial charge in [0.2, 0.25) is 0 Å². The molecule has 5 heteroatoms. The lowest BCUT2D eigenvalue weighted by Gasteiger charge is -2.28. The first-order valence-electron chi connectivity index (χ1n) is 7.39. The van der Waals surface area contributed by atoms with E-state index in [4.69, 9.17) is 5.73 Å². The molecule has 0 atom stereocenters. The van der Waals surface area contributed by atoms with E-state index in [-0.39, 0.29) is 11.3 Å². The van der Waals surface area contributed by atoms with Gasteiger partial charge in [0.25, 0.3) is 17.7 Å². The molecule has 0 spiro atoms. The largest absolute Gasteiger partial charge is 0.366 e. The Kier molecular flexibility index (Phi) is 2.96. The third-order valence-corrected chi connectivity index (χ3v) is 4.18. The van der Waals surface area contributed by atoms with Crippen LogP contribution in [0.25, 0.3) is 10.8 Å². The van der Waals surface area contributed by atoms with E-state index < -0.39 is 17.7 Å². The van der Waals surface area contributed by atoms with E-state index in [1.807, 2.05) is 12.1 Å². The second-order valence-corrected chi connectivity index (χ2v) is 5.54. The third-order valence-electron chi connectivity index (χ3n) is 4.18. The van der Waals surface area contributed by atoms with Crippen molar-refractivity contribution in [2.45, 2.75) is 0 Å². The van der Waals surface area contributed by atoms with E-state index in [1.54, 1.807) is 42.5 Å². The topological polar surface area (TPSA) is 80.5 Å². The highest BCUT2D eigenvalue weighted by Crippen LogP contribution is 2.33. The molecule has 116 valence electrons. The molecule has 0 aromatic heterocycles. The van der Waals surface area contributed by atoms with E-state index in [2.05, 4.69) is 0 Å². The van der Waals surface area contributed by atoms with Crippen LogP contribution in [-0.4, -0.2) is 17.7 Å². The van der Waals surface area contributed by atoms with Gasteiger partial charge in [-0.1, -0.05) is 36.4 Å². The second-order valence-electron chi connectivity index (χ2n) is 5.54. The van der Waals surface area contributed by atoms with Gasteiger partial charge in [0, 0.05) is 16.5 Å². The average Bonchev–Trinajstić information content (AvgIpc) is 2.60. The number of imide groups is 1. The third kappa shape index (κ3) is 1.85. The number of benzene rings is 3. The summed E-state index contributed by atoms with van der Waals surface area (Å²) in [6.45, 7) is 0. The van der Waals surface area contributed by atoms with Crippen LogP contribution < -0.4 is 10.6 Å². The summed E-state index contributed by atoms with van der Waals surface area (Å²) >= 11 is 0. The number of amides is 3. The highest BCUT2D eigenvalue weighted by Gasteiger charge is 2.35. The van der Waals surface area contributed by atoms with Crippen LogP contribution in [0, 0.1) is 0 Å². The zero-order valence-electron chi connectivity index (χ0n) is 12.5. The minimum atomic E-state index is -0.691. The van der Waals surface area contributed by atoms with Crippen molar-refractivity contribution in [1.82, 2.24) is 0 Å². The SMILES string of the molecule is NC(=O)c1ccccc1N1C(=O)c2cccc3cccc(c23)C1=O. The van der Waals surface area contributed by atoms with Crippen LogP contribution in [-0.2, 0) is 0 Å². The van der Waals surface area contributed by atoms with E-state index in [0.717, 1.165) is 10.3 Å². The molecule has 3 aromatic rings. The number of anilines is 1. The standard InChI is InChI=1S/C19H12N2O3/c20-17(22)12-7-1-2-10-15(12)21-18(23)13-8-3-5-11-6-4-9-14(16(11)13)19(21)24/h1-10H,(H2,20,22). The first kappa shape index (κ1) is 14.1. The van der Waals surface area contributed by atoms with Crippen LogP contribution >= 0.6 is 0 Å². The Bertz CT molecular complexity index is 989. The van der Waals surface area contributed by atoms with Crippen molar-refractivity contribution >= 4 is 34.2 Å². The fourth-order valence-electron chi connectivity index (χ4n) is 3.13. The fraction of sp³-hybridized carbons (Fsp3) is 0. The molecule has 0 saturated carbocycles. The van der Waals surface area contributed by atoms with Gasteiger partial charge in [-0.15, -0.1) is 0 Å². The van der Waals surface area contributed by atoms with Gasteiger partial charge in [0.05, 0.1) is 11.3 Å². The number of hydrogen-bond acceptors (Lipinski definition) is 3. The lowest BCUT2D eigenvalue weighted by atomic mass is 9.93. The number of carbonyl (C=O) groups is 3. The second kappa shape index (κ2) is 5.03. The quantitative estimate of drug-likeness (QED) is 0.738. The van der Waals surface area contributed by atoms with Crippen LogP contribution in [0.2, 0.25) is 0 Å². The summed E-state index contributed by atoms with van der Waals surface area (Å²) in [6.07, 6.45) is 0. The monoisotopic (exact) mass is 316 g/mol. The first-order chi connectivity index (χ1) is 11.6. The Morgan fingerprint density at radius 3 is 1.96 bits per heavy atom. The molecule has 0 fully saturated rings. The van der Waals surface area contributed by atoms with Gasteiger partial charge >= 0.3 is 0 Å². The Balaban J connectivity index is 2.00. The van der Waals surface area contributed by atoms with Crippen LogP contribution in [0.4, 0.5) is 5.69 Å². The maximum atomic E-state index is 12.9. The Morgan fingerprint density at radius 2 is 1.38 bits per heavy atom. The van der Waals surface area contributed by atoms with E-state index in [9.17, 15) is 14.4 Å². The highest BCUT2D eigenvalue weighted by atomic mass is 16.2. The fourth-order valence-corrected chi connectivity index (χ4v) is 3.13. The number of carbonyl (C=O) groups excluding carboxylic acids is 3. The number of primary amides is 1. The zero-order chi connectivity index (χ0) is 16.8. The molecule has 24 heavy (non-hydrogen) atoms. The number of nitrogens with zero attached hydrogens (tertiary/aromatic N) is 1. The molecule has 1 heterocycles. The predicted octanol–water partition coefficient (Wildman–Crippen LogP) is 2.74. The summed E-state index contributed by atoms with van der Waals surface area (Å²) in [5.41, 5.74) is 6.59. The number of para-hydroxylation sites is 1. The normalized spacial score (nSPS) is 13.4. The molecule has 0 radical (unpaired) electrons. The minimum absolute atomic E-state index is 0.130. The number of rotatable bonds is 2. The Hall–Kier alpha value is -3.47. The molecule has 4 rings (SSSR count). The Labute approximate surface area is 137 Å². The summed E-state index contributed by atoms with van der Waals surface area (Å²) in [5.74, 6) is -1.61. The lowest BCUT2D eigenvalue weighted by Crippen LogP contribution is -2.41. The molecule has 0 unspecified atom stereocenters. The predicted molar refractivity (Wildman–Crippen MR) is 90.0 cm³/mol. The summed E-state index contributed by atoms with van der Waals surface area (Å²) in [5, 5.41) is 1.47. The molecule has 0 aliphatic carbocycles. The molecule has 2 N–H and O–H groups in total. The van der Waals surface area contributed by atoms with Crippen LogP contribution in [0.3, 0.4) is 0 Å². The van der Waals surface area contributed by atoms with Crippen molar-refractivity contribution in [3.63, 3.8) is 0 Å². The van der Waals surface area contributed by atoms with E-state index in [1.165, 1.54) is 6.07 Å². The summed E-state index contributed by atoms with van der Waals surface area (Å²) in [6, 6.07) is 17.0. The van der Waals surface area contributed by atoms with Gasteiger partial charge in [-0.3, -0.25) is 14.4 Å². The molecule has 5 nitrogen and oxygen atoms in total. The molecular weight excluding hydrogens is 304 g/mol. The Morgan fingerprint density at radius 1 is 0.792 bits per heavy atom. The molecule has 0 saturated heterocycles. The van der Waals surface area contributed by atoms with Gasteiger partial charge in [0.1, 0.15) is 0 Å². The van der Waals surface area contributed by atoms with Gasteiger partial charge in [-0.25, -0.2) is 4.90 Å². The smallest absolute Gasteiger partial charge is 0.266 e. The molecule has 1 aliphatic rings. The van der Waals surface area contributed by atoms with Crippen molar-refractivity contribution in [2.24, 2.45) is 5.73 Å². The lowest BCUT2D eigenvalue weighted by molar-refractivity contribution is 0.0893. The number of nitrogens with two attached hydrogens (primary N) is 1. The van der Waals surface area contributed by atoms with Gasteiger partial charge < -0.3 is 5.73 Å². The summed E-state index contributed by atoms with van der Waals surface area (Å²) in [7, 11) is 0. The maximum absolute atomic E-state index is 12.9. The van der Waals surface area contributed by atoms with Crippen molar-refractivity contribution in [2.75, 3.05) is 4.90 Å². The van der Waals surface area contributed by atoms with Gasteiger partial charge in [-0.2, -0.15) is 0 Å². The van der Waals surface area contributed by atoms with E-state index in [0.29, 0.717) is 16.5 Å². The maximum Gasteiger partial charge on any atom is 0.266 e. The molecule has 3 amide bonds. The zero-order valence-corrected chi connectivity index (χ0v) is 12.5. The van der Waals surface area contributed by atoms with Gasteiger partial charge in [0.15, 0.2) is 0 Å². The molecule has 1 aliphatic heterocycles. The number of hydrogen-bond donors (Lipinski definition) is 1.